The minimum absolute atomic E-state index is 1.19. The third-order valence-corrected chi connectivity index (χ3v) is 3.73. The average Bonchev–Trinajstić information content (AvgIpc) is 2.01. The zero-order valence-electron chi connectivity index (χ0n) is 6.27. The largest absolute Gasteiger partial charge is 0.255 e. The molecule has 0 bridgehead atoms. The van der Waals surface area contributed by atoms with E-state index >= 15 is 0 Å². The summed E-state index contributed by atoms with van der Waals surface area (Å²) in [6.45, 7) is 1.19. The zero-order valence-corrected chi connectivity index (χ0v) is 7.90. The summed E-state index contributed by atoms with van der Waals surface area (Å²) in [7, 11) is 3.78. The smallest absolute Gasteiger partial charge is 0.00663 e. The van der Waals surface area contributed by atoms with E-state index in [0.717, 1.165) is 0 Å². The van der Waals surface area contributed by atoms with Gasteiger partial charge in [0.1, 0.15) is 0 Å². The molecule has 0 aliphatic carbocycles. The summed E-state index contributed by atoms with van der Waals surface area (Å²) < 4.78 is 3.33. The van der Waals surface area contributed by atoms with Gasteiger partial charge in [-0.1, -0.05) is 30.1 Å². The minimum Gasteiger partial charge on any atom is -0.255 e. The highest BCUT2D eigenvalue weighted by Gasteiger charge is 1.95. The molecule has 0 unspecified atom stereocenters. The van der Waals surface area contributed by atoms with Crippen molar-refractivity contribution in [3.63, 3.8) is 0 Å². The molecule has 1 heterocycles. The third-order valence-electron chi connectivity index (χ3n) is 1.62. The molecule has 0 aromatic rings. The Morgan fingerprint density at radius 2 is 1.70 bits per heavy atom. The molecule has 1 fully saturated rings. The van der Waals surface area contributed by atoms with Gasteiger partial charge in [-0.15, -0.1) is 0 Å². The monoisotopic (exact) mass is 177 g/mol. The van der Waals surface area contributed by atoms with Crippen molar-refractivity contribution in [2.75, 3.05) is 12.3 Å². The number of nitrogens with one attached hydrogen (secondary N) is 1. The molecule has 1 aliphatic rings. The standard InChI is InChI=1S/C7H15NS2/c1-2-4-6-8-10-9-7-5-3-1/h8H,1-7H2. The second-order valence-corrected chi connectivity index (χ2v) is 4.87. The molecule has 1 saturated heterocycles. The van der Waals surface area contributed by atoms with E-state index in [4.69, 9.17) is 0 Å². The SMILES string of the molecule is C1CCCNSSCCC1. The van der Waals surface area contributed by atoms with Crippen LogP contribution in [-0.4, -0.2) is 12.3 Å². The summed E-state index contributed by atoms with van der Waals surface area (Å²) in [5.74, 6) is 1.32. The maximum Gasteiger partial charge on any atom is 0.00663 e. The van der Waals surface area contributed by atoms with E-state index < -0.39 is 0 Å². The molecule has 60 valence electrons. The van der Waals surface area contributed by atoms with E-state index in [-0.39, 0.29) is 0 Å². The molecular weight excluding hydrogens is 162 g/mol. The summed E-state index contributed by atoms with van der Waals surface area (Å²) >= 11 is 0. The van der Waals surface area contributed by atoms with Crippen LogP contribution in [-0.2, 0) is 0 Å². The second-order valence-electron chi connectivity index (χ2n) is 2.57. The maximum absolute atomic E-state index is 3.33. The lowest BCUT2D eigenvalue weighted by Crippen LogP contribution is -2.04. The Hall–Kier alpha value is 0.660. The van der Waals surface area contributed by atoms with E-state index in [9.17, 15) is 0 Å². The van der Waals surface area contributed by atoms with E-state index in [1.54, 1.807) is 0 Å². The highest BCUT2D eigenvalue weighted by molar-refractivity contribution is 8.76. The van der Waals surface area contributed by atoms with Gasteiger partial charge in [0.25, 0.3) is 0 Å². The van der Waals surface area contributed by atoms with Gasteiger partial charge in [0.2, 0.25) is 0 Å². The van der Waals surface area contributed by atoms with Crippen molar-refractivity contribution < 1.29 is 0 Å². The van der Waals surface area contributed by atoms with E-state index in [2.05, 4.69) is 4.72 Å². The fourth-order valence-electron chi connectivity index (χ4n) is 1.01. The van der Waals surface area contributed by atoms with E-state index in [0.29, 0.717) is 0 Å². The van der Waals surface area contributed by atoms with Crippen LogP contribution in [0.4, 0.5) is 0 Å². The first-order chi connectivity index (χ1) is 5.00. The van der Waals surface area contributed by atoms with Crippen molar-refractivity contribution in [3.05, 3.63) is 0 Å². The van der Waals surface area contributed by atoms with Crippen LogP contribution in [0.15, 0.2) is 0 Å². The zero-order chi connectivity index (χ0) is 7.07. The predicted molar refractivity (Wildman–Crippen MR) is 51.1 cm³/mol. The minimum atomic E-state index is 1.19. The lowest BCUT2D eigenvalue weighted by atomic mass is 10.2. The molecule has 1 N–H and O–H groups in total. The number of rotatable bonds is 0. The van der Waals surface area contributed by atoms with Crippen molar-refractivity contribution in [2.24, 2.45) is 0 Å². The molecule has 10 heavy (non-hydrogen) atoms. The summed E-state index contributed by atoms with van der Waals surface area (Å²) in [5.41, 5.74) is 0. The highest BCUT2D eigenvalue weighted by atomic mass is 33.1. The van der Waals surface area contributed by atoms with Gasteiger partial charge in [0, 0.05) is 12.3 Å². The van der Waals surface area contributed by atoms with Crippen LogP contribution in [0.3, 0.4) is 0 Å². The fraction of sp³-hybridized carbons (Fsp3) is 1.00. The maximum atomic E-state index is 3.33. The first-order valence-corrected chi connectivity index (χ1v) is 6.33. The Labute approximate surface area is 71.3 Å². The van der Waals surface area contributed by atoms with Gasteiger partial charge >= 0.3 is 0 Å². The van der Waals surface area contributed by atoms with Crippen molar-refractivity contribution in [2.45, 2.75) is 32.1 Å². The van der Waals surface area contributed by atoms with Crippen molar-refractivity contribution in [3.8, 4) is 0 Å². The number of hydrogen-bond donors (Lipinski definition) is 1. The molecule has 0 atom stereocenters. The molecule has 0 spiro atoms. The first-order valence-electron chi connectivity index (χ1n) is 4.01. The van der Waals surface area contributed by atoms with Gasteiger partial charge in [-0.3, -0.25) is 4.72 Å². The predicted octanol–water partition coefficient (Wildman–Crippen LogP) is 2.84. The molecule has 1 nitrogen and oxygen atoms in total. The Balaban J connectivity index is 2.00. The van der Waals surface area contributed by atoms with Gasteiger partial charge in [0.15, 0.2) is 0 Å². The molecular formula is C7H15NS2. The lowest BCUT2D eigenvalue weighted by Gasteiger charge is -2.06. The normalized spacial score (nSPS) is 24.0. The van der Waals surface area contributed by atoms with Gasteiger partial charge < -0.3 is 0 Å². The van der Waals surface area contributed by atoms with Crippen molar-refractivity contribution in [1.82, 2.24) is 4.72 Å². The van der Waals surface area contributed by atoms with Gasteiger partial charge in [0.05, 0.1) is 0 Å². The van der Waals surface area contributed by atoms with Crippen LogP contribution in [0.25, 0.3) is 0 Å². The van der Waals surface area contributed by atoms with Crippen LogP contribution in [0, 0.1) is 0 Å². The Morgan fingerprint density at radius 1 is 0.900 bits per heavy atom. The van der Waals surface area contributed by atoms with Crippen LogP contribution >= 0.6 is 21.8 Å². The molecule has 3 heteroatoms. The van der Waals surface area contributed by atoms with Gasteiger partial charge in [-0.25, -0.2) is 0 Å². The van der Waals surface area contributed by atoms with Crippen LogP contribution in [0.2, 0.25) is 0 Å². The quantitative estimate of drug-likeness (QED) is 0.451. The molecule has 0 amide bonds. The fourth-order valence-corrected chi connectivity index (χ4v) is 2.83. The van der Waals surface area contributed by atoms with Gasteiger partial charge in [-0.05, 0) is 23.8 Å². The third kappa shape index (κ3) is 4.47. The van der Waals surface area contributed by atoms with Crippen molar-refractivity contribution in [1.29, 1.82) is 0 Å². The summed E-state index contributed by atoms with van der Waals surface area (Å²) in [5, 5.41) is 0. The average molecular weight is 177 g/mol. The van der Waals surface area contributed by atoms with Crippen LogP contribution < -0.4 is 4.72 Å². The molecule has 1 aliphatic heterocycles. The Kier molecular flexibility index (Phi) is 5.58. The lowest BCUT2D eigenvalue weighted by molar-refractivity contribution is 0.632. The Bertz CT molecular complexity index is 44.8. The van der Waals surface area contributed by atoms with Crippen LogP contribution in [0.1, 0.15) is 32.1 Å². The molecule has 0 aromatic heterocycles. The van der Waals surface area contributed by atoms with Crippen molar-refractivity contribution >= 4 is 21.8 Å². The second kappa shape index (κ2) is 6.38. The highest BCUT2D eigenvalue weighted by Crippen LogP contribution is 2.20. The molecule has 0 aromatic carbocycles. The molecule has 0 saturated carbocycles. The van der Waals surface area contributed by atoms with Crippen LogP contribution in [0.5, 0.6) is 0 Å². The van der Waals surface area contributed by atoms with E-state index in [1.165, 1.54) is 44.4 Å². The summed E-state index contributed by atoms with van der Waals surface area (Å²) in [6, 6.07) is 0. The summed E-state index contributed by atoms with van der Waals surface area (Å²) in [4.78, 5) is 0. The molecule has 0 radical (unpaired) electrons. The topological polar surface area (TPSA) is 12.0 Å². The molecule has 1 rings (SSSR count). The first kappa shape index (κ1) is 8.75. The van der Waals surface area contributed by atoms with E-state index in [1.807, 2.05) is 21.8 Å². The summed E-state index contributed by atoms with van der Waals surface area (Å²) in [6.07, 6.45) is 7.05. The Morgan fingerprint density at radius 3 is 2.70 bits per heavy atom. The number of hydrogen-bond acceptors (Lipinski definition) is 3. The van der Waals surface area contributed by atoms with Gasteiger partial charge in [-0.2, -0.15) is 0 Å².